The van der Waals surface area contributed by atoms with E-state index in [9.17, 15) is 14.4 Å². The molecule has 2 atom stereocenters. The molecule has 0 saturated carbocycles. The fourth-order valence-electron chi connectivity index (χ4n) is 4.03. The second kappa shape index (κ2) is 11.7. The van der Waals surface area contributed by atoms with Crippen LogP contribution < -0.4 is 10.6 Å². The van der Waals surface area contributed by atoms with Crippen LogP contribution in [-0.4, -0.2) is 46.8 Å². The third kappa shape index (κ3) is 7.34. The van der Waals surface area contributed by atoms with Gasteiger partial charge < -0.3 is 24.7 Å². The van der Waals surface area contributed by atoms with Gasteiger partial charge in [-0.3, -0.25) is 4.79 Å². The van der Waals surface area contributed by atoms with Gasteiger partial charge in [-0.05, 0) is 44.9 Å². The van der Waals surface area contributed by atoms with Gasteiger partial charge in [-0.2, -0.15) is 0 Å². The molecule has 0 aliphatic carbocycles. The summed E-state index contributed by atoms with van der Waals surface area (Å²) in [5.74, 6) is -1.03. The number of benzene rings is 2. The largest absolute Gasteiger partial charge is 0.464 e. The van der Waals surface area contributed by atoms with Gasteiger partial charge in [-0.25, -0.2) is 9.59 Å². The van der Waals surface area contributed by atoms with Gasteiger partial charge in [-0.15, -0.1) is 0 Å². The number of rotatable bonds is 9. The van der Waals surface area contributed by atoms with Crippen LogP contribution in [0.1, 0.15) is 38.8 Å². The molecule has 1 heterocycles. The number of para-hydroxylation sites is 1. The lowest BCUT2D eigenvalue weighted by molar-refractivity contribution is -0.147. The van der Waals surface area contributed by atoms with Crippen molar-refractivity contribution < 1.29 is 23.9 Å². The number of ether oxygens (including phenoxy) is 2. The SMILES string of the molecule is CCOC(=O)C(Cc1cn(C)c2ccccc12)NC(=O)C(Cc1ccccc1)NC(=O)OC(C)(C)C. The lowest BCUT2D eigenvalue weighted by atomic mass is 10.0. The number of amides is 2. The lowest BCUT2D eigenvalue weighted by Crippen LogP contribution is -2.54. The van der Waals surface area contributed by atoms with E-state index in [1.807, 2.05) is 72.4 Å². The molecule has 0 fully saturated rings. The number of aryl methyl sites for hydroxylation is 1. The number of nitrogens with one attached hydrogen (secondary N) is 2. The highest BCUT2D eigenvalue weighted by Gasteiger charge is 2.30. The van der Waals surface area contributed by atoms with Crippen LogP contribution in [0.5, 0.6) is 0 Å². The molecule has 2 unspecified atom stereocenters. The number of aromatic nitrogens is 1. The Morgan fingerprint density at radius 1 is 0.917 bits per heavy atom. The summed E-state index contributed by atoms with van der Waals surface area (Å²) in [6.45, 7) is 7.15. The first-order valence-electron chi connectivity index (χ1n) is 12.1. The van der Waals surface area contributed by atoms with Gasteiger partial charge in [0.15, 0.2) is 0 Å². The maximum Gasteiger partial charge on any atom is 0.408 e. The van der Waals surface area contributed by atoms with Crippen molar-refractivity contribution in [1.29, 1.82) is 0 Å². The molecular weight excluding hydrogens is 458 g/mol. The number of fused-ring (bicyclic) bond motifs is 1. The van der Waals surface area contributed by atoms with E-state index in [1.54, 1.807) is 27.7 Å². The summed E-state index contributed by atoms with van der Waals surface area (Å²) in [5.41, 5.74) is 2.07. The van der Waals surface area contributed by atoms with Crippen LogP contribution in [0.2, 0.25) is 0 Å². The minimum atomic E-state index is -0.952. The van der Waals surface area contributed by atoms with Crippen molar-refractivity contribution in [2.45, 2.75) is 58.2 Å². The average Bonchev–Trinajstić information content (AvgIpc) is 3.13. The molecule has 0 bridgehead atoms. The molecule has 8 nitrogen and oxygen atoms in total. The predicted octanol–water partition coefficient (Wildman–Crippen LogP) is 3.90. The minimum Gasteiger partial charge on any atom is -0.464 e. The zero-order chi connectivity index (χ0) is 26.3. The maximum absolute atomic E-state index is 13.4. The summed E-state index contributed by atoms with van der Waals surface area (Å²) in [7, 11) is 1.93. The molecule has 2 aromatic carbocycles. The molecule has 1 aromatic heterocycles. The van der Waals surface area contributed by atoms with Gasteiger partial charge in [0.25, 0.3) is 0 Å². The fraction of sp³-hybridized carbons (Fsp3) is 0.393. The highest BCUT2D eigenvalue weighted by Crippen LogP contribution is 2.22. The second-order valence-corrected chi connectivity index (χ2v) is 9.69. The van der Waals surface area contributed by atoms with Crippen molar-refractivity contribution in [1.82, 2.24) is 15.2 Å². The molecule has 0 aliphatic rings. The summed E-state index contributed by atoms with van der Waals surface area (Å²) in [6, 6.07) is 15.3. The van der Waals surface area contributed by atoms with Crippen LogP contribution in [0.4, 0.5) is 4.79 Å². The molecule has 8 heteroatoms. The molecule has 0 radical (unpaired) electrons. The monoisotopic (exact) mass is 493 g/mol. The van der Waals surface area contributed by atoms with Crippen LogP contribution in [0.3, 0.4) is 0 Å². The topological polar surface area (TPSA) is 98.7 Å². The number of carbonyl (C=O) groups is 3. The predicted molar refractivity (Wildman–Crippen MR) is 138 cm³/mol. The van der Waals surface area contributed by atoms with Crippen LogP contribution in [0.15, 0.2) is 60.8 Å². The van der Waals surface area contributed by atoms with Gasteiger partial charge in [0.05, 0.1) is 6.61 Å². The zero-order valence-electron chi connectivity index (χ0n) is 21.5. The third-order valence-electron chi connectivity index (χ3n) is 5.58. The quantitative estimate of drug-likeness (QED) is 0.441. The Morgan fingerprint density at radius 2 is 1.58 bits per heavy atom. The van der Waals surface area contributed by atoms with E-state index in [0.717, 1.165) is 22.0 Å². The average molecular weight is 494 g/mol. The summed E-state index contributed by atoms with van der Waals surface area (Å²) >= 11 is 0. The molecular formula is C28H35N3O5. The van der Waals surface area contributed by atoms with Crippen molar-refractivity contribution in [2.75, 3.05) is 6.61 Å². The molecule has 0 aliphatic heterocycles. The first-order chi connectivity index (χ1) is 17.1. The summed E-state index contributed by atoms with van der Waals surface area (Å²) in [4.78, 5) is 38.8. The van der Waals surface area contributed by atoms with E-state index in [2.05, 4.69) is 10.6 Å². The van der Waals surface area contributed by atoms with Crippen molar-refractivity contribution in [3.8, 4) is 0 Å². The molecule has 2 N–H and O–H groups in total. The zero-order valence-corrected chi connectivity index (χ0v) is 21.5. The number of carbonyl (C=O) groups excluding carboxylic acids is 3. The van der Waals surface area contributed by atoms with Gasteiger partial charge in [0.2, 0.25) is 5.91 Å². The molecule has 3 rings (SSSR count). The van der Waals surface area contributed by atoms with Crippen LogP contribution in [0.25, 0.3) is 10.9 Å². The summed E-state index contributed by atoms with van der Waals surface area (Å²) in [6.07, 6.45) is 1.72. The Labute approximate surface area is 212 Å². The molecule has 192 valence electrons. The van der Waals surface area contributed by atoms with E-state index < -0.39 is 35.7 Å². The Morgan fingerprint density at radius 3 is 2.25 bits per heavy atom. The maximum atomic E-state index is 13.4. The Hall–Kier alpha value is -3.81. The van der Waals surface area contributed by atoms with E-state index in [1.165, 1.54) is 0 Å². The number of esters is 1. The van der Waals surface area contributed by atoms with Gasteiger partial charge in [0.1, 0.15) is 17.7 Å². The summed E-state index contributed by atoms with van der Waals surface area (Å²) in [5, 5.41) is 6.48. The van der Waals surface area contributed by atoms with E-state index >= 15 is 0 Å². The van der Waals surface area contributed by atoms with Crippen molar-refractivity contribution in [3.63, 3.8) is 0 Å². The van der Waals surface area contributed by atoms with Gasteiger partial charge in [-0.1, -0.05) is 48.5 Å². The van der Waals surface area contributed by atoms with Gasteiger partial charge in [0, 0.05) is 37.0 Å². The number of hydrogen-bond acceptors (Lipinski definition) is 5. The van der Waals surface area contributed by atoms with E-state index in [-0.39, 0.29) is 19.4 Å². The first-order valence-corrected chi connectivity index (χ1v) is 12.1. The fourth-order valence-corrected chi connectivity index (χ4v) is 4.03. The normalized spacial score (nSPS) is 13.0. The third-order valence-corrected chi connectivity index (χ3v) is 5.58. The molecule has 3 aromatic rings. The number of nitrogens with zero attached hydrogens (tertiary/aromatic N) is 1. The second-order valence-electron chi connectivity index (χ2n) is 9.69. The highest BCUT2D eigenvalue weighted by molar-refractivity contribution is 5.91. The smallest absolute Gasteiger partial charge is 0.408 e. The molecule has 0 spiro atoms. The molecule has 36 heavy (non-hydrogen) atoms. The molecule has 2 amide bonds. The Kier molecular flexibility index (Phi) is 8.74. The van der Waals surface area contributed by atoms with E-state index in [4.69, 9.17) is 9.47 Å². The van der Waals surface area contributed by atoms with Crippen molar-refractivity contribution in [3.05, 3.63) is 71.9 Å². The Balaban J connectivity index is 1.84. The summed E-state index contributed by atoms with van der Waals surface area (Å²) < 4.78 is 12.6. The van der Waals surface area contributed by atoms with Crippen LogP contribution in [-0.2, 0) is 39.0 Å². The van der Waals surface area contributed by atoms with Gasteiger partial charge >= 0.3 is 12.1 Å². The number of alkyl carbamates (subject to hydrolysis) is 1. The Bertz CT molecular complexity index is 1200. The first kappa shape index (κ1) is 26.8. The lowest BCUT2D eigenvalue weighted by Gasteiger charge is -2.25. The van der Waals surface area contributed by atoms with Crippen LogP contribution in [0, 0.1) is 0 Å². The molecule has 0 saturated heterocycles. The highest BCUT2D eigenvalue weighted by atomic mass is 16.6. The minimum absolute atomic E-state index is 0.185. The van der Waals surface area contributed by atoms with Crippen LogP contribution >= 0.6 is 0 Å². The van der Waals surface area contributed by atoms with Crippen molar-refractivity contribution >= 4 is 28.9 Å². The standard InChI is InChI=1S/C28H35N3O5/c1-6-35-26(33)23(17-20-18-31(5)24-15-11-10-14-21(20)24)29-25(32)22(16-19-12-8-7-9-13-19)30-27(34)36-28(2,3)4/h7-15,18,22-23H,6,16-17H2,1-5H3,(H,29,32)(H,30,34). The number of hydrogen-bond donors (Lipinski definition) is 2. The van der Waals surface area contributed by atoms with Crippen molar-refractivity contribution in [2.24, 2.45) is 7.05 Å². The van der Waals surface area contributed by atoms with E-state index in [0.29, 0.717) is 0 Å².